The van der Waals surface area contributed by atoms with Crippen molar-refractivity contribution in [2.75, 3.05) is 13.2 Å². The Balaban J connectivity index is 3.29. The van der Waals surface area contributed by atoms with E-state index in [1.54, 1.807) is 0 Å². The molecule has 2 atom stereocenters. The molecule has 0 saturated carbocycles. The molecular weight excluding hydrogens is 112 g/mol. The molecule has 46 valence electrons. The highest BCUT2D eigenvalue weighted by molar-refractivity contribution is 4.61. The van der Waals surface area contributed by atoms with Crippen molar-refractivity contribution in [3.05, 3.63) is 0 Å². The van der Waals surface area contributed by atoms with Crippen LogP contribution >= 0.6 is 0 Å². The van der Waals surface area contributed by atoms with Gasteiger partial charge in [0.05, 0.1) is 0 Å². The predicted octanol–water partition coefficient (Wildman–Crippen LogP) is -0.554. The molecule has 4 radical (unpaired) electrons. The summed E-state index contributed by atoms with van der Waals surface area (Å²) in [6, 6.07) is 0. The van der Waals surface area contributed by atoms with Crippen LogP contribution in [-0.4, -0.2) is 25.4 Å². The highest BCUT2D eigenvalue weighted by atomic mass is 16.4. The molecule has 8 heavy (non-hydrogen) atoms. The van der Waals surface area contributed by atoms with Crippen molar-refractivity contribution < 1.29 is 20.4 Å². The number of rotatable bonds is 3. The van der Waals surface area contributed by atoms with E-state index >= 15 is 0 Å². The summed E-state index contributed by atoms with van der Waals surface area (Å²) in [6.07, 6.45) is -3.51. The second-order valence-corrected chi connectivity index (χ2v) is 1.41. The Kier molecular flexibility index (Phi) is 3.72. The van der Waals surface area contributed by atoms with Gasteiger partial charge in [0.15, 0.2) is 12.2 Å². The van der Waals surface area contributed by atoms with E-state index in [0.29, 0.717) is 0 Å². The van der Waals surface area contributed by atoms with Crippen molar-refractivity contribution in [2.45, 2.75) is 12.2 Å². The lowest BCUT2D eigenvalue weighted by Crippen LogP contribution is -2.28. The first-order chi connectivity index (χ1) is 3.72. The highest BCUT2D eigenvalue weighted by Crippen LogP contribution is 1.91. The summed E-state index contributed by atoms with van der Waals surface area (Å²) < 4.78 is 0. The number of hydrogen-bond acceptors (Lipinski definition) is 0. The topological polar surface area (TPSA) is 79.6 Å². The summed E-state index contributed by atoms with van der Waals surface area (Å²) in [4.78, 5) is 0. The standard InChI is InChI=1S/C4H6O4/c5-1-3(7)4(8)2-6/h3-4H,1-2H2. The van der Waals surface area contributed by atoms with Crippen LogP contribution in [0.5, 0.6) is 0 Å². The largest absolute Gasteiger partial charge is 0.234 e. The van der Waals surface area contributed by atoms with Gasteiger partial charge in [0.1, 0.15) is 13.2 Å². The van der Waals surface area contributed by atoms with Crippen LogP contribution in [0, 0.1) is 0 Å². The normalized spacial score (nSPS) is 18.0. The van der Waals surface area contributed by atoms with Gasteiger partial charge in [0.25, 0.3) is 0 Å². The van der Waals surface area contributed by atoms with E-state index in [1.165, 1.54) is 0 Å². The molecule has 0 bridgehead atoms. The molecule has 4 nitrogen and oxygen atoms in total. The molecule has 0 aromatic heterocycles. The van der Waals surface area contributed by atoms with E-state index < -0.39 is 25.4 Å². The Bertz CT molecular complexity index is 48.0. The summed E-state index contributed by atoms with van der Waals surface area (Å²) >= 11 is 0. The van der Waals surface area contributed by atoms with Gasteiger partial charge in [-0.05, 0) is 0 Å². The molecule has 0 amide bonds. The smallest absolute Gasteiger partial charge is 0.151 e. The lowest BCUT2D eigenvalue weighted by Gasteiger charge is -2.03. The Morgan fingerprint density at radius 3 is 1.25 bits per heavy atom. The van der Waals surface area contributed by atoms with Crippen molar-refractivity contribution in [1.29, 1.82) is 0 Å². The quantitative estimate of drug-likeness (QED) is 0.476. The fourth-order valence-corrected chi connectivity index (χ4v) is 0.215. The molecular formula is C4H6O4. The Hall–Kier alpha value is -0.160. The van der Waals surface area contributed by atoms with Gasteiger partial charge in [0.2, 0.25) is 0 Å². The van der Waals surface area contributed by atoms with Crippen molar-refractivity contribution in [1.82, 2.24) is 0 Å². The average molecular weight is 118 g/mol. The van der Waals surface area contributed by atoms with Crippen molar-refractivity contribution in [3.63, 3.8) is 0 Å². The monoisotopic (exact) mass is 118 g/mol. The van der Waals surface area contributed by atoms with Gasteiger partial charge in [-0.3, -0.25) is 0 Å². The van der Waals surface area contributed by atoms with Crippen LogP contribution in [0.1, 0.15) is 0 Å². The first-order valence-electron chi connectivity index (χ1n) is 2.20. The molecule has 0 rings (SSSR count). The minimum Gasteiger partial charge on any atom is -0.234 e. The van der Waals surface area contributed by atoms with E-state index in [0.717, 1.165) is 0 Å². The summed E-state index contributed by atoms with van der Waals surface area (Å²) in [7, 11) is 0. The van der Waals surface area contributed by atoms with Gasteiger partial charge < -0.3 is 0 Å². The molecule has 0 spiro atoms. The average Bonchev–Trinajstić information content (AvgIpc) is 1.84. The third kappa shape index (κ3) is 2.23. The second kappa shape index (κ2) is 3.80. The highest BCUT2D eigenvalue weighted by Gasteiger charge is 2.18. The van der Waals surface area contributed by atoms with E-state index in [-0.39, 0.29) is 0 Å². The van der Waals surface area contributed by atoms with Crippen LogP contribution in [0.2, 0.25) is 0 Å². The lowest BCUT2D eigenvalue weighted by atomic mass is 10.2. The molecule has 0 aromatic rings. The lowest BCUT2D eigenvalue weighted by molar-refractivity contribution is -0.120. The van der Waals surface area contributed by atoms with Crippen LogP contribution in [0.4, 0.5) is 0 Å². The molecule has 0 aromatic carbocycles. The van der Waals surface area contributed by atoms with Crippen LogP contribution < -0.4 is 0 Å². The van der Waals surface area contributed by atoms with Gasteiger partial charge in [-0.15, -0.1) is 0 Å². The Morgan fingerprint density at radius 2 is 1.12 bits per heavy atom. The van der Waals surface area contributed by atoms with E-state index in [9.17, 15) is 20.4 Å². The second-order valence-electron chi connectivity index (χ2n) is 1.41. The molecule has 0 heterocycles. The molecule has 0 fully saturated rings. The van der Waals surface area contributed by atoms with Crippen LogP contribution in [0.25, 0.3) is 0 Å². The van der Waals surface area contributed by atoms with Gasteiger partial charge in [-0.25, -0.2) is 20.4 Å². The molecule has 4 heteroatoms. The molecule has 0 aliphatic carbocycles. The molecule has 0 N–H and O–H groups in total. The zero-order valence-corrected chi connectivity index (χ0v) is 4.20. The summed E-state index contributed by atoms with van der Waals surface area (Å²) in [6.45, 7) is -1.98. The van der Waals surface area contributed by atoms with Crippen molar-refractivity contribution in [3.8, 4) is 0 Å². The van der Waals surface area contributed by atoms with Gasteiger partial charge in [-0.1, -0.05) is 0 Å². The fraction of sp³-hybridized carbons (Fsp3) is 1.00. The zero-order chi connectivity index (χ0) is 6.57. The van der Waals surface area contributed by atoms with Gasteiger partial charge >= 0.3 is 0 Å². The summed E-state index contributed by atoms with van der Waals surface area (Å²) in [5, 5.41) is 39.2. The third-order valence-electron chi connectivity index (χ3n) is 0.743. The minimum atomic E-state index is -1.76. The maximum atomic E-state index is 10.0. The molecule has 2 unspecified atom stereocenters. The maximum Gasteiger partial charge on any atom is 0.151 e. The van der Waals surface area contributed by atoms with Gasteiger partial charge in [0, 0.05) is 0 Å². The Morgan fingerprint density at radius 1 is 0.875 bits per heavy atom. The van der Waals surface area contributed by atoms with E-state index in [4.69, 9.17) is 0 Å². The fourth-order valence-electron chi connectivity index (χ4n) is 0.215. The van der Waals surface area contributed by atoms with Crippen LogP contribution in [0.15, 0.2) is 0 Å². The summed E-state index contributed by atoms with van der Waals surface area (Å²) in [5.41, 5.74) is 0. The predicted molar refractivity (Wildman–Crippen MR) is 20.1 cm³/mol. The first-order valence-corrected chi connectivity index (χ1v) is 2.20. The van der Waals surface area contributed by atoms with Crippen LogP contribution in [0.3, 0.4) is 0 Å². The SMILES string of the molecule is [O]CC([O])C([O])C[O]. The van der Waals surface area contributed by atoms with Crippen molar-refractivity contribution in [2.24, 2.45) is 0 Å². The molecule has 0 aliphatic heterocycles. The summed E-state index contributed by atoms with van der Waals surface area (Å²) in [5.74, 6) is 0. The van der Waals surface area contributed by atoms with E-state index in [1.807, 2.05) is 0 Å². The Labute approximate surface area is 47.0 Å². The van der Waals surface area contributed by atoms with Crippen molar-refractivity contribution >= 4 is 0 Å². The third-order valence-corrected chi connectivity index (χ3v) is 0.743. The first kappa shape index (κ1) is 7.84. The zero-order valence-electron chi connectivity index (χ0n) is 4.20. The number of hydrogen-bond donors (Lipinski definition) is 0. The van der Waals surface area contributed by atoms with E-state index in [2.05, 4.69) is 0 Å². The maximum absolute atomic E-state index is 10.0. The minimum absolute atomic E-state index is 0.990. The molecule has 0 aliphatic rings. The van der Waals surface area contributed by atoms with Crippen LogP contribution in [-0.2, 0) is 20.4 Å². The van der Waals surface area contributed by atoms with Gasteiger partial charge in [-0.2, -0.15) is 0 Å². The molecule has 0 saturated heterocycles.